The molecule has 0 amide bonds. The summed E-state index contributed by atoms with van der Waals surface area (Å²) < 4.78 is 12.5. The van der Waals surface area contributed by atoms with Crippen LogP contribution in [0.3, 0.4) is 0 Å². The third kappa shape index (κ3) is 2.94. The summed E-state index contributed by atoms with van der Waals surface area (Å²) in [4.78, 5) is 0. The molecule has 0 radical (unpaired) electrons. The Bertz CT molecular complexity index is 521. The van der Waals surface area contributed by atoms with Gasteiger partial charge in [0, 0.05) is 5.39 Å². The number of nitrogens with one attached hydrogen (secondary N) is 1. The van der Waals surface area contributed by atoms with Crippen LogP contribution < -0.4 is 5.32 Å². The Morgan fingerprint density at radius 1 is 1.39 bits per heavy atom. The number of likely N-dealkylation sites (N-methyl/N-ethyl adjacent to an activating group) is 1. The van der Waals surface area contributed by atoms with E-state index < -0.39 is 0 Å². The van der Waals surface area contributed by atoms with Crippen molar-refractivity contribution in [1.82, 2.24) is 5.32 Å². The first-order valence-corrected chi connectivity index (χ1v) is 6.88. The van der Waals surface area contributed by atoms with Crippen molar-refractivity contribution in [3.05, 3.63) is 34.5 Å². The molecule has 1 aromatic carbocycles. The van der Waals surface area contributed by atoms with Crippen LogP contribution in [-0.4, -0.2) is 19.8 Å². The van der Waals surface area contributed by atoms with Gasteiger partial charge in [0.05, 0.1) is 23.2 Å². The molecule has 0 spiro atoms. The summed E-state index contributed by atoms with van der Waals surface area (Å²) >= 11 is 3.50. The monoisotopic (exact) mass is 311 g/mol. The van der Waals surface area contributed by atoms with Gasteiger partial charge in [-0.3, -0.25) is 0 Å². The second-order valence-corrected chi connectivity index (χ2v) is 5.38. The van der Waals surface area contributed by atoms with E-state index in [9.17, 15) is 0 Å². The lowest BCUT2D eigenvalue weighted by molar-refractivity contribution is 0.0587. The maximum absolute atomic E-state index is 5.89. The van der Waals surface area contributed by atoms with Crippen molar-refractivity contribution in [3.63, 3.8) is 0 Å². The summed E-state index contributed by atoms with van der Waals surface area (Å²) in [5.74, 6) is 0.903. The van der Waals surface area contributed by atoms with E-state index in [2.05, 4.69) is 27.3 Å². The molecule has 3 nitrogen and oxygen atoms in total. The Morgan fingerprint density at radius 3 is 2.78 bits per heavy atom. The average molecular weight is 312 g/mol. The molecular weight excluding hydrogens is 294 g/mol. The number of hydrogen-bond donors (Lipinski definition) is 1. The molecule has 0 fully saturated rings. The van der Waals surface area contributed by atoms with Gasteiger partial charge >= 0.3 is 0 Å². The van der Waals surface area contributed by atoms with Crippen LogP contribution in [-0.2, 0) is 4.74 Å². The molecule has 0 saturated carbocycles. The molecular formula is C14H18BrNO2. The Hall–Kier alpha value is -0.840. The minimum atomic E-state index is 0.0756. The van der Waals surface area contributed by atoms with Gasteiger partial charge in [-0.2, -0.15) is 0 Å². The molecule has 1 heterocycles. The zero-order chi connectivity index (χ0) is 13.1. The van der Waals surface area contributed by atoms with E-state index >= 15 is 0 Å². The first kappa shape index (κ1) is 13.6. The molecule has 1 unspecified atom stereocenters. The molecule has 98 valence electrons. The number of rotatable bonds is 5. The fourth-order valence-electron chi connectivity index (χ4n) is 1.82. The van der Waals surface area contributed by atoms with Crippen molar-refractivity contribution in [3.8, 4) is 0 Å². The SMILES string of the molecule is CNC(COC(C)C)c1cc2cccc(Br)c2o1. The van der Waals surface area contributed by atoms with Crippen LogP contribution in [0.15, 0.2) is 33.2 Å². The van der Waals surface area contributed by atoms with Gasteiger partial charge < -0.3 is 14.5 Å². The fourth-order valence-corrected chi connectivity index (χ4v) is 2.28. The Morgan fingerprint density at radius 2 is 2.17 bits per heavy atom. The zero-order valence-electron chi connectivity index (χ0n) is 10.9. The van der Waals surface area contributed by atoms with Crippen molar-refractivity contribution >= 4 is 26.9 Å². The van der Waals surface area contributed by atoms with Crippen molar-refractivity contribution in [2.24, 2.45) is 0 Å². The van der Waals surface area contributed by atoms with Gasteiger partial charge in [-0.15, -0.1) is 0 Å². The summed E-state index contributed by atoms with van der Waals surface area (Å²) in [6, 6.07) is 8.17. The lowest BCUT2D eigenvalue weighted by Crippen LogP contribution is -2.23. The molecule has 0 aliphatic rings. The standard InChI is InChI=1S/C14H18BrNO2/c1-9(2)17-8-12(16-3)13-7-10-5-4-6-11(15)14(10)18-13/h4-7,9,12,16H,8H2,1-3H3. The summed E-state index contributed by atoms with van der Waals surface area (Å²) in [7, 11) is 1.91. The Balaban J connectivity index is 2.25. The summed E-state index contributed by atoms with van der Waals surface area (Å²) in [6.07, 6.45) is 0.219. The van der Waals surface area contributed by atoms with E-state index in [1.807, 2.05) is 39.1 Å². The predicted octanol–water partition coefficient (Wildman–Crippen LogP) is 3.88. The van der Waals surface area contributed by atoms with Crippen molar-refractivity contribution in [1.29, 1.82) is 0 Å². The lowest BCUT2D eigenvalue weighted by atomic mass is 10.2. The van der Waals surface area contributed by atoms with Crippen molar-refractivity contribution in [2.75, 3.05) is 13.7 Å². The van der Waals surface area contributed by atoms with E-state index in [4.69, 9.17) is 9.15 Å². The van der Waals surface area contributed by atoms with Crippen LogP contribution in [0.2, 0.25) is 0 Å². The minimum absolute atomic E-state index is 0.0756. The largest absolute Gasteiger partial charge is 0.458 e. The molecule has 18 heavy (non-hydrogen) atoms. The van der Waals surface area contributed by atoms with Crippen LogP contribution in [0.1, 0.15) is 25.6 Å². The molecule has 0 saturated heterocycles. The summed E-state index contributed by atoms with van der Waals surface area (Å²) in [5.41, 5.74) is 0.886. The number of hydrogen-bond acceptors (Lipinski definition) is 3. The van der Waals surface area contributed by atoms with Gasteiger partial charge in [-0.1, -0.05) is 12.1 Å². The molecule has 2 aromatic rings. The first-order chi connectivity index (χ1) is 8.61. The number of benzene rings is 1. The topological polar surface area (TPSA) is 34.4 Å². The highest BCUT2D eigenvalue weighted by Gasteiger charge is 2.16. The normalized spacial score (nSPS) is 13.4. The number of para-hydroxylation sites is 1. The second-order valence-electron chi connectivity index (χ2n) is 4.53. The van der Waals surface area contributed by atoms with Gasteiger partial charge in [-0.05, 0) is 49.0 Å². The van der Waals surface area contributed by atoms with Crippen LogP contribution >= 0.6 is 15.9 Å². The number of halogens is 1. The number of fused-ring (bicyclic) bond motifs is 1. The van der Waals surface area contributed by atoms with Crippen molar-refractivity contribution < 1.29 is 9.15 Å². The highest BCUT2D eigenvalue weighted by molar-refractivity contribution is 9.10. The highest BCUT2D eigenvalue weighted by Crippen LogP contribution is 2.29. The quantitative estimate of drug-likeness (QED) is 0.910. The van der Waals surface area contributed by atoms with Crippen LogP contribution in [0.25, 0.3) is 11.0 Å². The van der Waals surface area contributed by atoms with Crippen LogP contribution in [0, 0.1) is 0 Å². The smallest absolute Gasteiger partial charge is 0.148 e. The van der Waals surface area contributed by atoms with E-state index in [0.29, 0.717) is 6.61 Å². The third-order valence-electron chi connectivity index (χ3n) is 2.80. The predicted molar refractivity (Wildman–Crippen MR) is 76.8 cm³/mol. The maximum Gasteiger partial charge on any atom is 0.148 e. The van der Waals surface area contributed by atoms with Gasteiger partial charge in [0.2, 0.25) is 0 Å². The molecule has 2 rings (SSSR count). The zero-order valence-corrected chi connectivity index (χ0v) is 12.5. The van der Waals surface area contributed by atoms with Gasteiger partial charge in [-0.25, -0.2) is 0 Å². The third-order valence-corrected chi connectivity index (χ3v) is 3.43. The summed E-state index contributed by atoms with van der Waals surface area (Å²) in [5, 5.41) is 4.32. The van der Waals surface area contributed by atoms with Crippen LogP contribution in [0.4, 0.5) is 0 Å². The van der Waals surface area contributed by atoms with Crippen LogP contribution in [0.5, 0.6) is 0 Å². The fraction of sp³-hybridized carbons (Fsp3) is 0.429. The van der Waals surface area contributed by atoms with Gasteiger partial charge in [0.15, 0.2) is 0 Å². The lowest BCUT2D eigenvalue weighted by Gasteiger charge is -2.15. The van der Waals surface area contributed by atoms with Crippen molar-refractivity contribution in [2.45, 2.75) is 26.0 Å². The molecule has 0 aliphatic heterocycles. The Kier molecular flexibility index (Phi) is 4.43. The molecule has 4 heteroatoms. The van der Waals surface area contributed by atoms with E-state index in [1.165, 1.54) is 0 Å². The molecule has 1 atom stereocenters. The average Bonchev–Trinajstić information content (AvgIpc) is 2.75. The highest BCUT2D eigenvalue weighted by atomic mass is 79.9. The maximum atomic E-state index is 5.89. The molecule has 0 bridgehead atoms. The molecule has 1 N–H and O–H groups in total. The Labute approximate surface area is 116 Å². The molecule has 1 aromatic heterocycles. The second kappa shape index (κ2) is 5.87. The van der Waals surface area contributed by atoms with E-state index in [-0.39, 0.29) is 12.1 Å². The van der Waals surface area contributed by atoms with Gasteiger partial charge in [0.25, 0.3) is 0 Å². The first-order valence-electron chi connectivity index (χ1n) is 6.08. The number of ether oxygens (including phenoxy) is 1. The molecule has 0 aliphatic carbocycles. The summed E-state index contributed by atoms with van der Waals surface area (Å²) in [6.45, 7) is 4.66. The minimum Gasteiger partial charge on any atom is -0.458 e. The van der Waals surface area contributed by atoms with E-state index in [1.54, 1.807) is 0 Å². The van der Waals surface area contributed by atoms with E-state index in [0.717, 1.165) is 21.2 Å². The van der Waals surface area contributed by atoms with Gasteiger partial charge in [0.1, 0.15) is 11.3 Å². The number of furan rings is 1.